The molecule has 5 aromatic rings. The minimum absolute atomic E-state index is 0.0269. The Hall–Kier alpha value is -4.80. The van der Waals surface area contributed by atoms with E-state index in [1.54, 1.807) is 17.3 Å². The lowest BCUT2D eigenvalue weighted by molar-refractivity contribution is -0.119. The third kappa shape index (κ3) is 5.60. The topological polar surface area (TPSA) is 106 Å². The van der Waals surface area contributed by atoms with Crippen molar-refractivity contribution in [3.8, 4) is 11.6 Å². The summed E-state index contributed by atoms with van der Waals surface area (Å²) in [7, 11) is 3.91. The zero-order chi connectivity index (χ0) is 28.3. The minimum atomic E-state index is 0.0269. The van der Waals surface area contributed by atoms with Crippen LogP contribution in [-0.4, -0.2) is 93.3 Å². The molecule has 2 N–H and O–H groups in total. The van der Waals surface area contributed by atoms with Gasteiger partial charge in [-0.2, -0.15) is 15.0 Å². The van der Waals surface area contributed by atoms with Gasteiger partial charge in [0.2, 0.25) is 5.91 Å². The van der Waals surface area contributed by atoms with Gasteiger partial charge in [-0.05, 0) is 49.5 Å². The molecule has 1 amide bonds. The molecule has 1 aliphatic rings. The summed E-state index contributed by atoms with van der Waals surface area (Å²) in [5.74, 6) is 0.0863. The fraction of sp³-hybridized carbons (Fsp3) is 0.226. The lowest BCUT2D eigenvalue weighted by atomic mass is 10.0. The Balaban J connectivity index is 1.30. The van der Waals surface area contributed by atoms with Gasteiger partial charge in [-0.15, -0.1) is 0 Å². The maximum atomic E-state index is 13.0. The number of aromatic hydroxyl groups is 1. The highest BCUT2D eigenvalue weighted by Crippen LogP contribution is 2.33. The van der Waals surface area contributed by atoms with Gasteiger partial charge in [-0.3, -0.25) is 9.69 Å². The third-order valence-electron chi connectivity index (χ3n) is 7.50. The number of carbonyl (C=O) groups excluding carboxylic acids is 1. The number of H-pyrrole nitrogens is 1. The van der Waals surface area contributed by atoms with E-state index >= 15 is 0 Å². The van der Waals surface area contributed by atoms with E-state index in [4.69, 9.17) is 4.99 Å². The van der Waals surface area contributed by atoms with Crippen molar-refractivity contribution in [1.29, 1.82) is 0 Å². The number of anilines is 1. The van der Waals surface area contributed by atoms with E-state index in [9.17, 15) is 9.90 Å². The van der Waals surface area contributed by atoms with Gasteiger partial charge in [0, 0.05) is 49.9 Å². The number of likely N-dealkylation sites (N-methyl/N-ethyl adjacent to an activating group) is 2. The summed E-state index contributed by atoms with van der Waals surface area (Å²) in [6.07, 6.45) is 3.24. The van der Waals surface area contributed by atoms with Crippen LogP contribution in [0.2, 0.25) is 0 Å². The number of nitrogens with zero attached hydrogens (tertiary/aromatic N) is 7. The Morgan fingerprint density at radius 1 is 0.976 bits per heavy atom. The molecule has 0 saturated carbocycles. The van der Waals surface area contributed by atoms with Crippen LogP contribution in [0.4, 0.5) is 11.4 Å². The quantitative estimate of drug-likeness (QED) is 0.300. The SMILES string of the molecule is CN1CCN(CC(=O)N(C)c2ccc(N=C(c3ccccc3)c3c(O)[nH]c4cc(-n5nccn5)ccc34)cc2)CC1. The largest absolute Gasteiger partial charge is 0.494 e. The fourth-order valence-corrected chi connectivity index (χ4v) is 5.07. The number of aromatic amines is 1. The smallest absolute Gasteiger partial charge is 0.240 e. The molecular weight excluding hydrogens is 516 g/mol. The van der Waals surface area contributed by atoms with Crippen LogP contribution in [0.1, 0.15) is 11.1 Å². The van der Waals surface area contributed by atoms with Crippen LogP contribution in [0, 0.1) is 0 Å². The molecule has 3 heterocycles. The maximum absolute atomic E-state index is 13.0. The molecule has 0 atom stereocenters. The van der Waals surface area contributed by atoms with Crippen LogP contribution in [0.25, 0.3) is 16.6 Å². The van der Waals surface area contributed by atoms with E-state index in [2.05, 4.69) is 32.0 Å². The highest BCUT2D eigenvalue weighted by atomic mass is 16.3. The van der Waals surface area contributed by atoms with Gasteiger partial charge < -0.3 is 19.9 Å². The van der Waals surface area contributed by atoms with Crippen molar-refractivity contribution in [1.82, 2.24) is 29.8 Å². The molecule has 3 aromatic carbocycles. The van der Waals surface area contributed by atoms with E-state index < -0.39 is 0 Å². The molecule has 0 aliphatic carbocycles. The van der Waals surface area contributed by atoms with Gasteiger partial charge in [-0.25, -0.2) is 4.99 Å². The summed E-state index contributed by atoms with van der Waals surface area (Å²) in [5.41, 5.74) is 5.13. The Kier molecular flexibility index (Phi) is 7.32. The summed E-state index contributed by atoms with van der Waals surface area (Å²) >= 11 is 0. The number of fused-ring (bicyclic) bond motifs is 1. The number of carbonyl (C=O) groups is 1. The number of hydrogen-bond acceptors (Lipinski definition) is 7. The number of rotatable bonds is 7. The van der Waals surface area contributed by atoms with Crippen LogP contribution in [0.5, 0.6) is 5.88 Å². The van der Waals surface area contributed by atoms with Gasteiger partial charge in [0.1, 0.15) is 0 Å². The van der Waals surface area contributed by atoms with E-state index in [1.807, 2.05) is 79.8 Å². The van der Waals surface area contributed by atoms with Crippen LogP contribution in [0.15, 0.2) is 90.2 Å². The van der Waals surface area contributed by atoms with Crippen LogP contribution < -0.4 is 4.90 Å². The summed E-state index contributed by atoms with van der Waals surface area (Å²) in [4.78, 5) is 28.7. The Labute approximate surface area is 238 Å². The zero-order valence-corrected chi connectivity index (χ0v) is 23.1. The third-order valence-corrected chi connectivity index (χ3v) is 7.50. The molecule has 10 nitrogen and oxygen atoms in total. The Bertz CT molecular complexity index is 1670. The van der Waals surface area contributed by atoms with Crippen LogP contribution in [0.3, 0.4) is 0 Å². The Morgan fingerprint density at radius 2 is 1.68 bits per heavy atom. The standard InChI is InChI=1S/C31H32N8O2/c1-36-16-18-38(19-17-36)21-28(40)37(2)24-10-8-23(9-11-24)34-30(22-6-4-3-5-7-22)29-26-13-12-25(39-32-14-15-33-39)20-27(26)35-31(29)41/h3-15,20,35,41H,16-19,21H2,1-2H3. The average Bonchev–Trinajstić information content (AvgIpc) is 3.65. The molecule has 0 radical (unpaired) electrons. The summed E-state index contributed by atoms with van der Waals surface area (Å²) in [6, 6.07) is 23.1. The van der Waals surface area contributed by atoms with E-state index in [0.717, 1.165) is 54.0 Å². The molecule has 41 heavy (non-hydrogen) atoms. The van der Waals surface area contributed by atoms with Crippen molar-refractivity contribution in [2.75, 3.05) is 51.7 Å². The van der Waals surface area contributed by atoms with Gasteiger partial charge in [0.25, 0.3) is 0 Å². The second-order valence-corrected chi connectivity index (χ2v) is 10.3. The number of hydrogen-bond donors (Lipinski definition) is 2. The van der Waals surface area contributed by atoms with Gasteiger partial charge in [-0.1, -0.05) is 30.3 Å². The number of aromatic nitrogens is 4. The first-order valence-electron chi connectivity index (χ1n) is 13.6. The molecule has 1 fully saturated rings. The average molecular weight is 549 g/mol. The molecule has 0 bridgehead atoms. The van der Waals surface area contributed by atoms with Crippen molar-refractivity contribution in [2.45, 2.75) is 0 Å². The zero-order valence-electron chi connectivity index (χ0n) is 23.1. The van der Waals surface area contributed by atoms with Crippen molar-refractivity contribution >= 4 is 33.9 Å². The molecule has 6 rings (SSSR count). The van der Waals surface area contributed by atoms with Crippen molar-refractivity contribution in [3.63, 3.8) is 0 Å². The first-order valence-corrected chi connectivity index (χ1v) is 13.6. The second-order valence-electron chi connectivity index (χ2n) is 10.3. The highest BCUT2D eigenvalue weighted by Gasteiger charge is 2.21. The summed E-state index contributed by atoms with van der Waals surface area (Å²) < 4.78 is 0. The second kappa shape index (κ2) is 11.4. The maximum Gasteiger partial charge on any atom is 0.240 e. The Morgan fingerprint density at radius 3 is 2.39 bits per heavy atom. The van der Waals surface area contributed by atoms with Crippen molar-refractivity contribution < 1.29 is 9.90 Å². The minimum Gasteiger partial charge on any atom is -0.494 e. The van der Waals surface area contributed by atoms with E-state index in [-0.39, 0.29) is 11.8 Å². The van der Waals surface area contributed by atoms with Crippen molar-refractivity contribution in [3.05, 3.63) is 96.3 Å². The predicted molar refractivity (Wildman–Crippen MR) is 160 cm³/mol. The molecule has 10 heteroatoms. The van der Waals surface area contributed by atoms with Gasteiger partial charge >= 0.3 is 0 Å². The van der Waals surface area contributed by atoms with E-state index in [1.165, 1.54) is 4.80 Å². The first kappa shape index (κ1) is 26.4. The normalized spacial score (nSPS) is 14.9. The monoisotopic (exact) mass is 548 g/mol. The highest BCUT2D eigenvalue weighted by molar-refractivity contribution is 6.22. The molecule has 0 spiro atoms. The number of piperazine rings is 1. The number of benzene rings is 3. The molecule has 1 aliphatic heterocycles. The fourth-order valence-electron chi connectivity index (χ4n) is 5.07. The van der Waals surface area contributed by atoms with Gasteiger partial charge in [0.05, 0.1) is 47.1 Å². The lowest BCUT2D eigenvalue weighted by Gasteiger charge is -2.32. The molecule has 208 valence electrons. The summed E-state index contributed by atoms with van der Waals surface area (Å²) in [6.45, 7) is 4.15. The summed E-state index contributed by atoms with van der Waals surface area (Å²) in [5, 5.41) is 20.3. The number of amides is 1. The van der Waals surface area contributed by atoms with Crippen LogP contribution in [-0.2, 0) is 4.79 Å². The first-order chi connectivity index (χ1) is 20.0. The molecule has 1 saturated heterocycles. The molecule has 2 aromatic heterocycles. The lowest BCUT2D eigenvalue weighted by Crippen LogP contribution is -2.48. The molecular formula is C31H32N8O2. The number of nitrogens with one attached hydrogen (secondary N) is 1. The predicted octanol–water partition coefficient (Wildman–Crippen LogP) is 3.83. The molecule has 0 unspecified atom stereocenters. The van der Waals surface area contributed by atoms with Gasteiger partial charge in [0.15, 0.2) is 5.88 Å². The van der Waals surface area contributed by atoms with Crippen molar-refractivity contribution in [2.24, 2.45) is 4.99 Å². The van der Waals surface area contributed by atoms with E-state index in [0.29, 0.717) is 23.5 Å². The number of aliphatic imine (C=N–C) groups is 1. The van der Waals surface area contributed by atoms with Crippen LogP contribution >= 0.6 is 0 Å².